The van der Waals surface area contributed by atoms with Crippen LogP contribution in [0.3, 0.4) is 0 Å². The predicted octanol–water partition coefficient (Wildman–Crippen LogP) is 4.06. The molecule has 0 spiro atoms. The summed E-state index contributed by atoms with van der Waals surface area (Å²) in [6, 6.07) is 0. The van der Waals surface area contributed by atoms with E-state index in [1.165, 1.54) is 0 Å². The maximum atomic E-state index is 12.5. The van der Waals surface area contributed by atoms with Gasteiger partial charge in [-0.05, 0) is 18.7 Å². The lowest BCUT2D eigenvalue weighted by Gasteiger charge is -2.39. The summed E-state index contributed by atoms with van der Waals surface area (Å²) in [5, 5.41) is -1.52. The fourth-order valence-corrected chi connectivity index (χ4v) is 4.14. The maximum Gasteiger partial charge on any atom is 0.390 e. The summed E-state index contributed by atoms with van der Waals surface area (Å²) in [7, 11) is -3.93. The Morgan fingerprint density at radius 2 is 1.81 bits per heavy atom. The van der Waals surface area contributed by atoms with Crippen molar-refractivity contribution in [2.45, 2.75) is 49.9 Å². The van der Waals surface area contributed by atoms with Gasteiger partial charge in [0.1, 0.15) is 0 Å². The molecule has 1 saturated carbocycles. The molecule has 0 heterocycles. The highest BCUT2D eigenvalue weighted by molar-refractivity contribution is 7.62. The molecule has 1 rings (SSSR count). The van der Waals surface area contributed by atoms with E-state index in [2.05, 4.69) is 6.58 Å². The Balaban J connectivity index is 3.01. The molecule has 0 amide bonds. The van der Waals surface area contributed by atoms with Crippen molar-refractivity contribution in [3.05, 3.63) is 12.4 Å². The molecule has 1 atom stereocenters. The first-order chi connectivity index (χ1) is 7.22. The second-order valence-corrected chi connectivity index (χ2v) is 6.94. The highest BCUT2D eigenvalue weighted by atomic mass is 31.2. The number of alkyl halides is 3. The Morgan fingerprint density at radius 1 is 1.31 bits per heavy atom. The van der Waals surface area contributed by atoms with Crippen LogP contribution >= 0.6 is 7.37 Å². The molecule has 0 radical (unpaired) electrons. The molecule has 0 aromatic rings. The van der Waals surface area contributed by atoms with Gasteiger partial charge in [0.2, 0.25) is 7.37 Å². The molecule has 2 nitrogen and oxygen atoms in total. The molecule has 1 aliphatic rings. The monoisotopic (exact) mass is 256 g/mol. The standard InChI is InChI=1S/C10H16F3O2P/c1-2-16(14,15)9(8-10(11,12)13)6-4-3-5-7-9/h2H,1,3-8H2,(H,14,15). The lowest BCUT2D eigenvalue weighted by molar-refractivity contribution is -0.143. The van der Waals surface area contributed by atoms with Gasteiger partial charge in [0, 0.05) is 0 Å². The van der Waals surface area contributed by atoms with Crippen molar-refractivity contribution in [2.24, 2.45) is 0 Å². The topological polar surface area (TPSA) is 37.3 Å². The molecular formula is C10H16F3O2P. The van der Waals surface area contributed by atoms with Crippen molar-refractivity contribution in [1.82, 2.24) is 0 Å². The Bertz CT molecular complexity index is 306. The van der Waals surface area contributed by atoms with E-state index in [-0.39, 0.29) is 12.8 Å². The van der Waals surface area contributed by atoms with E-state index < -0.39 is 25.1 Å². The first kappa shape index (κ1) is 13.8. The zero-order valence-electron chi connectivity index (χ0n) is 8.96. The van der Waals surface area contributed by atoms with Gasteiger partial charge in [-0.3, -0.25) is 4.57 Å². The van der Waals surface area contributed by atoms with Crippen LogP contribution in [0.4, 0.5) is 13.2 Å². The molecule has 0 aromatic heterocycles. The lowest BCUT2D eigenvalue weighted by atomic mass is 9.85. The molecule has 1 fully saturated rings. The van der Waals surface area contributed by atoms with Gasteiger partial charge in [0.05, 0.1) is 11.6 Å². The van der Waals surface area contributed by atoms with Crippen molar-refractivity contribution in [1.29, 1.82) is 0 Å². The van der Waals surface area contributed by atoms with Gasteiger partial charge in [-0.2, -0.15) is 13.2 Å². The van der Waals surface area contributed by atoms with Gasteiger partial charge in [-0.25, -0.2) is 0 Å². The summed E-state index contributed by atoms with van der Waals surface area (Å²) in [6.45, 7) is 3.20. The molecule has 0 aliphatic heterocycles. The molecule has 16 heavy (non-hydrogen) atoms. The summed E-state index contributed by atoms with van der Waals surface area (Å²) in [5.41, 5.74) is 0. The highest BCUT2D eigenvalue weighted by Gasteiger charge is 2.52. The third kappa shape index (κ3) is 2.89. The van der Waals surface area contributed by atoms with Gasteiger partial charge < -0.3 is 4.89 Å². The highest BCUT2D eigenvalue weighted by Crippen LogP contribution is 2.64. The summed E-state index contributed by atoms with van der Waals surface area (Å²) < 4.78 is 49.3. The minimum atomic E-state index is -4.40. The third-order valence-corrected chi connectivity index (χ3v) is 5.70. The van der Waals surface area contributed by atoms with Gasteiger partial charge in [-0.15, -0.1) is 0 Å². The quantitative estimate of drug-likeness (QED) is 0.773. The van der Waals surface area contributed by atoms with Gasteiger partial charge in [-0.1, -0.05) is 25.8 Å². The second-order valence-electron chi connectivity index (χ2n) is 4.38. The van der Waals surface area contributed by atoms with E-state index in [9.17, 15) is 22.6 Å². The Kier molecular flexibility index (Phi) is 3.91. The summed E-state index contributed by atoms with van der Waals surface area (Å²) in [5.74, 6) is 0.810. The van der Waals surface area contributed by atoms with Crippen molar-refractivity contribution >= 4 is 7.37 Å². The summed E-state index contributed by atoms with van der Waals surface area (Å²) in [6.07, 6.45) is -3.28. The Hall–Kier alpha value is -0.280. The van der Waals surface area contributed by atoms with Crippen LogP contribution in [0.15, 0.2) is 12.4 Å². The van der Waals surface area contributed by atoms with Crippen molar-refractivity contribution < 1.29 is 22.6 Å². The van der Waals surface area contributed by atoms with Crippen LogP contribution in [0.1, 0.15) is 38.5 Å². The Labute approximate surface area is 93.0 Å². The van der Waals surface area contributed by atoms with E-state index >= 15 is 0 Å². The zero-order valence-corrected chi connectivity index (χ0v) is 9.86. The summed E-state index contributed by atoms with van der Waals surface area (Å²) in [4.78, 5) is 9.70. The molecule has 6 heteroatoms. The number of hydrogen-bond donors (Lipinski definition) is 1. The molecule has 1 aliphatic carbocycles. The average Bonchev–Trinajstić information content (AvgIpc) is 2.16. The third-order valence-electron chi connectivity index (χ3n) is 3.24. The van der Waals surface area contributed by atoms with E-state index in [1.54, 1.807) is 0 Å². The average molecular weight is 256 g/mol. The second kappa shape index (κ2) is 4.53. The van der Waals surface area contributed by atoms with E-state index in [0.29, 0.717) is 12.8 Å². The molecular weight excluding hydrogens is 240 g/mol. The molecule has 1 N–H and O–H groups in total. The first-order valence-electron chi connectivity index (χ1n) is 5.25. The SMILES string of the molecule is C=CP(=O)(O)C1(CC(F)(F)F)CCCCC1. The van der Waals surface area contributed by atoms with E-state index in [1.807, 2.05) is 0 Å². The van der Waals surface area contributed by atoms with Gasteiger partial charge >= 0.3 is 6.18 Å². The van der Waals surface area contributed by atoms with Crippen molar-refractivity contribution in [3.8, 4) is 0 Å². The van der Waals surface area contributed by atoms with E-state index in [4.69, 9.17) is 0 Å². The minimum Gasteiger partial charge on any atom is -0.341 e. The zero-order chi connectivity index (χ0) is 12.4. The normalized spacial score (nSPS) is 24.8. The van der Waals surface area contributed by atoms with Crippen LogP contribution in [-0.2, 0) is 4.57 Å². The number of rotatable bonds is 3. The van der Waals surface area contributed by atoms with Crippen molar-refractivity contribution in [3.63, 3.8) is 0 Å². The van der Waals surface area contributed by atoms with Crippen LogP contribution in [-0.4, -0.2) is 16.2 Å². The minimum absolute atomic E-state index is 0.159. The number of halogens is 3. The lowest BCUT2D eigenvalue weighted by Crippen LogP contribution is -2.36. The smallest absolute Gasteiger partial charge is 0.341 e. The van der Waals surface area contributed by atoms with Crippen LogP contribution in [0.5, 0.6) is 0 Å². The number of hydrogen-bond acceptors (Lipinski definition) is 1. The molecule has 0 aromatic carbocycles. The molecule has 0 bridgehead atoms. The predicted molar refractivity (Wildman–Crippen MR) is 56.5 cm³/mol. The van der Waals surface area contributed by atoms with Crippen molar-refractivity contribution in [2.75, 3.05) is 0 Å². The van der Waals surface area contributed by atoms with Crippen LogP contribution < -0.4 is 0 Å². The van der Waals surface area contributed by atoms with Gasteiger partial charge in [0.25, 0.3) is 0 Å². The molecule has 0 saturated heterocycles. The largest absolute Gasteiger partial charge is 0.390 e. The fraction of sp³-hybridized carbons (Fsp3) is 0.800. The molecule has 94 valence electrons. The summed E-state index contributed by atoms with van der Waals surface area (Å²) >= 11 is 0. The molecule has 1 unspecified atom stereocenters. The Morgan fingerprint density at radius 3 is 2.19 bits per heavy atom. The van der Waals surface area contributed by atoms with Crippen LogP contribution in [0, 0.1) is 0 Å². The van der Waals surface area contributed by atoms with Gasteiger partial charge in [0.15, 0.2) is 0 Å². The van der Waals surface area contributed by atoms with Crippen LogP contribution in [0.2, 0.25) is 0 Å². The maximum absolute atomic E-state index is 12.5. The fourth-order valence-electron chi connectivity index (χ4n) is 2.39. The first-order valence-corrected chi connectivity index (χ1v) is 6.98. The van der Waals surface area contributed by atoms with Crippen LogP contribution in [0.25, 0.3) is 0 Å². The van der Waals surface area contributed by atoms with E-state index in [0.717, 1.165) is 12.2 Å².